The lowest BCUT2D eigenvalue weighted by atomic mass is 9.85. The van der Waals surface area contributed by atoms with E-state index < -0.39 is 0 Å². The molecule has 2 N–H and O–H groups in total. The van der Waals surface area contributed by atoms with Gasteiger partial charge in [-0.2, -0.15) is 0 Å². The summed E-state index contributed by atoms with van der Waals surface area (Å²) in [6, 6.07) is 5.70. The number of nitrogens with zero attached hydrogens (tertiary/aromatic N) is 2. The number of aliphatic hydroxyl groups excluding tert-OH is 1. The Bertz CT molecular complexity index is 580. The van der Waals surface area contributed by atoms with Crippen LogP contribution in [-0.2, 0) is 11.2 Å². The van der Waals surface area contributed by atoms with Crippen molar-refractivity contribution in [1.82, 2.24) is 14.7 Å². The van der Waals surface area contributed by atoms with E-state index in [0.29, 0.717) is 6.42 Å². The van der Waals surface area contributed by atoms with Crippen molar-refractivity contribution in [3.05, 3.63) is 36.3 Å². The van der Waals surface area contributed by atoms with Crippen LogP contribution in [0.3, 0.4) is 0 Å². The van der Waals surface area contributed by atoms with Crippen molar-refractivity contribution in [2.75, 3.05) is 6.61 Å². The first kappa shape index (κ1) is 15.5. The maximum Gasteiger partial charge on any atom is 0.226 e. The molecule has 21 heavy (non-hydrogen) atoms. The van der Waals surface area contributed by atoms with Crippen LogP contribution in [0.2, 0.25) is 0 Å². The Morgan fingerprint density at radius 1 is 1.43 bits per heavy atom. The Hall–Kier alpha value is -1.88. The van der Waals surface area contributed by atoms with E-state index in [0.717, 1.165) is 11.3 Å². The minimum absolute atomic E-state index is 0.0490. The molecule has 5 nitrogen and oxygen atoms in total. The van der Waals surface area contributed by atoms with Crippen molar-refractivity contribution in [1.29, 1.82) is 0 Å². The predicted octanol–water partition coefficient (Wildman–Crippen LogP) is 1.79. The average molecular weight is 289 g/mol. The van der Waals surface area contributed by atoms with E-state index in [4.69, 9.17) is 5.11 Å². The molecule has 0 fully saturated rings. The summed E-state index contributed by atoms with van der Waals surface area (Å²) < 4.78 is 1.90. The van der Waals surface area contributed by atoms with Gasteiger partial charge in [0.15, 0.2) is 0 Å². The Morgan fingerprint density at radius 3 is 2.81 bits per heavy atom. The summed E-state index contributed by atoms with van der Waals surface area (Å²) >= 11 is 0. The molecule has 2 rings (SSSR count). The number of carbonyl (C=O) groups is 1. The van der Waals surface area contributed by atoms with E-state index in [9.17, 15) is 4.79 Å². The number of hydrogen-bond acceptors (Lipinski definition) is 3. The van der Waals surface area contributed by atoms with E-state index in [1.165, 1.54) is 0 Å². The van der Waals surface area contributed by atoms with E-state index in [1.807, 2.05) is 35.0 Å². The van der Waals surface area contributed by atoms with Crippen LogP contribution in [0.4, 0.5) is 0 Å². The van der Waals surface area contributed by atoms with Gasteiger partial charge < -0.3 is 14.8 Å². The lowest BCUT2D eigenvalue weighted by Crippen LogP contribution is -2.44. The molecule has 1 atom stereocenters. The summed E-state index contributed by atoms with van der Waals surface area (Å²) in [5, 5.41) is 12.1. The molecule has 0 saturated heterocycles. The summed E-state index contributed by atoms with van der Waals surface area (Å²) in [7, 11) is 0. The highest BCUT2D eigenvalue weighted by molar-refractivity contribution is 5.78. The number of aliphatic hydroxyl groups is 1. The Balaban J connectivity index is 2.03. The normalized spacial score (nSPS) is 13.3. The number of imidazole rings is 1. The highest BCUT2D eigenvalue weighted by Gasteiger charge is 2.25. The Kier molecular flexibility index (Phi) is 4.63. The fraction of sp³-hybridized carbons (Fsp3) is 0.500. The molecule has 1 amide bonds. The molecule has 2 aromatic rings. The molecule has 1 unspecified atom stereocenters. The zero-order valence-electron chi connectivity index (χ0n) is 12.8. The number of nitrogens with one attached hydrogen (secondary N) is 1. The SMILES string of the molecule is CC(C)(C)C(CCO)NC(=O)Cc1cn2ccccc2n1. The van der Waals surface area contributed by atoms with Crippen LogP contribution >= 0.6 is 0 Å². The fourth-order valence-corrected chi connectivity index (χ4v) is 2.33. The van der Waals surface area contributed by atoms with Crippen LogP contribution in [0.1, 0.15) is 32.9 Å². The molecule has 2 aromatic heterocycles. The van der Waals surface area contributed by atoms with Gasteiger partial charge in [0.05, 0.1) is 12.1 Å². The van der Waals surface area contributed by atoms with E-state index in [2.05, 4.69) is 31.1 Å². The minimum atomic E-state index is -0.0860. The molecule has 0 spiro atoms. The topological polar surface area (TPSA) is 66.6 Å². The molecule has 2 heterocycles. The van der Waals surface area contributed by atoms with Crippen molar-refractivity contribution in [3.63, 3.8) is 0 Å². The molecule has 0 saturated carbocycles. The van der Waals surface area contributed by atoms with Crippen molar-refractivity contribution in [2.24, 2.45) is 5.41 Å². The zero-order valence-corrected chi connectivity index (χ0v) is 12.8. The van der Waals surface area contributed by atoms with Gasteiger partial charge in [0.1, 0.15) is 5.65 Å². The number of carbonyl (C=O) groups excluding carboxylic acids is 1. The average Bonchev–Trinajstić information content (AvgIpc) is 2.79. The number of pyridine rings is 1. The first-order valence-electron chi connectivity index (χ1n) is 7.23. The van der Waals surface area contributed by atoms with Crippen LogP contribution in [0, 0.1) is 5.41 Å². The van der Waals surface area contributed by atoms with Crippen LogP contribution in [0.15, 0.2) is 30.6 Å². The molecule has 0 bridgehead atoms. The van der Waals surface area contributed by atoms with E-state index in [-0.39, 0.29) is 30.4 Å². The van der Waals surface area contributed by atoms with Crippen LogP contribution in [0.25, 0.3) is 5.65 Å². The maximum absolute atomic E-state index is 12.2. The van der Waals surface area contributed by atoms with E-state index in [1.54, 1.807) is 0 Å². The first-order valence-corrected chi connectivity index (χ1v) is 7.23. The molecule has 114 valence electrons. The first-order chi connectivity index (χ1) is 9.90. The summed E-state index contributed by atoms with van der Waals surface area (Å²) in [5.41, 5.74) is 1.50. The second-order valence-electron chi connectivity index (χ2n) is 6.37. The number of rotatable bonds is 5. The molecule has 0 radical (unpaired) electrons. The van der Waals surface area contributed by atoms with Gasteiger partial charge in [-0.05, 0) is 24.0 Å². The maximum atomic E-state index is 12.2. The number of aromatic nitrogens is 2. The lowest BCUT2D eigenvalue weighted by molar-refractivity contribution is -0.122. The second kappa shape index (κ2) is 6.26. The van der Waals surface area contributed by atoms with Crippen molar-refractivity contribution < 1.29 is 9.90 Å². The molecule has 0 aliphatic heterocycles. The van der Waals surface area contributed by atoms with Crippen molar-refractivity contribution >= 4 is 11.6 Å². The van der Waals surface area contributed by atoms with Crippen LogP contribution < -0.4 is 5.32 Å². The van der Waals surface area contributed by atoms with Crippen molar-refractivity contribution in [2.45, 2.75) is 39.7 Å². The van der Waals surface area contributed by atoms with Gasteiger partial charge in [0.25, 0.3) is 0 Å². The second-order valence-corrected chi connectivity index (χ2v) is 6.37. The Labute approximate surface area is 125 Å². The summed E-state index contributed by atoms with van der Waals surface area (Å²) in [5.74, 6) is -0.0632. The summed E-state index contributed by atoms with van der Waals surface area (Å²) in [6.07, 6.45) is 4.58. The zero-order chi connectivity index (χ0) is 15.5. The third-order valence-corrected chi connectivity index (χ3v) is 3.55. The summed E-state index contributed by atoms with van der Waals surface area (Å²) in [6.45, 7) is 6.23. The monoisotopic (exact) mass is 289 g/mol. The third-order valence-electron chi connectivity index (χ3n) is 3.55. The highest BCUT2D eigenvalue weighted by Crippen LogP contribution is 2.21. The smallest absolute Gasteiger partial charge is 0.226 e. The minimum Gasteiger partial charge on any atom is -0.396 e. The molecular weight excluding hydrogens is 266 g/mol. The van der Waals surface area contributed by atoms with E-state index >= 15 is 0 Å². The van der Waals surface area contributed by atoms with Crippen molar-refractivity contribution in [3.8, 4) is 0 Å². The lowest BCUT2D eigenvalue weighted by Gasteiger charge is -2.31. The number of hydrogen-bond donors (Lipinski definition) is 2. The van der Waals surface area contributed by atoms with Gasteiger partial charge >= 0.3 is 0 Å². The van der Waals surface area contributed by atoms with Crippen LogP contribution in [0.5, 0.6) is 0 Å². The predicted molar refractivity (Wildman–Crippen MR) is 82.0 cm³/mol. The van der Waals surface area contributed by atoms with Gasteiger partial charge in [-0.1, -0.05) is 26.8 Å². The standard InChI is InChI=1S/C16H23N3O2/c1-16(2,3)13(7-9-20)18-15(21)10-12-11-19-8-5-4-6-14(19)17-12/h4-6,8,11,13,20H,7,9-10H2,1-3H3,(H,18,21). The molecule has 0 aliphatic carbocycles. The molecule has 0 aromatic carbocycles. The largest absolute Gasteiger partial charge is 0.396 e. The van der Waals surface area contributed by atoms with Gasteiger partial charge in [0, 0.05) is 25.0 Å². The fourth-order valence-electron chi connectivity index (χ4n) is 2.33. The molecule has 5 heteroatoms. The van der Waals surface area contributed by atoms with Gasteiger partial charge in [0.2, 0.25) is 5.91 Å². The van der Waals surface area contributed by atoms with Gasteiger partial charge in [-0.15, -0.1) is 0 Å². The molecule has 0 aliphatic rings. The third kappa shape index (κ3) is 4.04. The Morgan fingerprint density at radius 2 is 2.19 bits per heavy atom. The number of fused-ring (bicyclic) bond motifs is 1. The van der Waals surface area contributed by atoms with Gasteiger partial charge in [-0.25, -0.2) is 4.98 Å². The van der Waals surface area contributed by atoms with Gasteiger partial charge in [-0.3, -0.25) is 4.79 Å². The summed E-state index contributed by atoms with van der Waals surface area (Å²) in [4.78, 5) is 16.6. The number of amides is 1. The quantitative estimate of drug-likeness (QED) is 0.882. The highest BCUT2D eigenvalue weighted by atomic mass is 16.3. The van der Waals surface area contributed by atoms with Crippen LogP contribution in [-0.4, -0.2) is 33.0 Å². The molecular formula is C16H23N3O2.